The Morgan fingerprint density at radius 3 is 1.34 bits per heavy atom. The van der Waals surface area contributed by atoms with E-state index in [-0.39, 0.29) is 6.04 Å². The van der Waals surface area contributed by atoms with Gasteiger partial charge in [0.2, 0.25) is 0 Å². The Kier molecular flexibility index (Phi) is 10.7. The molecule has 1 aliphatic rings. The second-order valence-corrected chi connectivity index (χ2v) is 13.8. The van der Waals surface area contributed by atoms with E-state index in [0.717, 1.165) is 54.7 Å². The zero-order valence-electron chi connectivity index (χ0n) is 27.5. The largest absolute Gasteiger partial charge is 0.334 e. The van der Waals surface area contributed by atoms with Gasteiger partial charge in [-0.1, -0.05) is 159 Å². The number of halogens is 2. The molecule has 7 rings (SSSR count). The highest BCUT2D eigenvalue weighted by Crippen LogP contribution is 2.35. The Labute approximate surface area is 312 Å². The minimum Gasteiger partial charge on any atom is -0.334 e. The number of hydrogen-bond donors (Lipinski definition) is 0. The first kappa shape index (κ1) is 33.3. The molecule has 2 nitrogen and oxygen atoms in total. The second-order valence-electron chi connectivity index (χ2n) is 12.1. The van der Waals surface area contributed by atoms with Crippen LogP contribution in [0.1, 0.15) is 28.7 Å². The summed E-state index contributed by atoms with van der Waals surface area (Å²) in [7, 11) is 0. The van der Waals surface area contributed by atoms with E-state index in [9.17, 15) is 0 Å². The lowest BCUT2D eigenvalue weighted by Gasteiger charge is -2.32. The number of allylic oxidation sites excluding steroid dienone is 2. The molecule has 0 fully saturated rings. The van der Waals surface area contributed by atoms with Crippen molar-refractivity contribution >= 4 is 84.6 Å². The average Bonchev–Trinajstić information content (AvgIpc) is 3.17. The minimum atomic E-state index is 0.286. The van der Waals surface area contributed by atoms with Crippen LogP contribution in [0.15, 0.2) is 185 Å². The summed E-state index contributed by atoms with van der Waals surface area (Å²) in [4.78, 5) is 4.68. The molecular formula is C46H36Br2N2. The molecule has 1 aliphatic carbocycles. The number of anilines is 5. The van der Waals surface area contributed by atoms with Crippen LogP contribution in [-0.4, -0.2) is 6.04 Å². The summed E-state index contributed by atoms with van der Waals surface area (Å²) in [5, 5.41) is 0. The van der Waals surface area contributed by atoms with Gasteiger partial charge in [-0.15, -0.1) is 0 Å². The van der Waals surface area contributed by atoms with Crippen LogP contribution in [0.5, 0.6) is 0 Å². The highest BCUT2D eigenvalue weighted by Gasteiger charge is 2.18. The number of hydrogen-bond acceptors (Lipinski definition) is 2. The van der Waals surface area contributed by atoms with E-state index in [1.165, 1.54) is 11.4 Å². The van der Waals surface area contributed by atoms with Crippen molar-refractivity contribution < 1.29 is 0 Å². The van der Waals surface area contributed by atoms with Crippen molar-refractivity contribution in [1.82, 2.24) is 0 Å². The van der Waals surface area contributed by atoms with Crippen LogP contribution in [0.25, 0.3) is 24.3 Å². The molecule has 4 heteroatoms. The van der Waals surface area contributed by atoms with Crippen molar-refractivity contribution in [3.05, 3.63) is 207 Å². The zero-order valence-corrected chi connectivity index (χ0v) is 30.7. The van der Waals surface area contributed by atoms with Crippen molar-refractivity contribution in [2.45, 2.75) is 12.5 Å². The molecule has 6 aromatic carbocycles. The number of nitrogens with zero attached hydrogens (tertiary/aromatic N) is 2. The fraction of sp³-hybridized carbons (Fsp3) is 0.0435. The summed E-state index contributed by atoms with van der Waals surface area (Å²) in [5.41, 5.74) is 10.2. The van der Waals surface area contributed by atoms with E-state index in [1.807, 2.05) is 12.1 Å². The van der Waals surface area contributed by atoms with Crippen LogP contribution in [-0.2, 0) is 0 Å². The van der Waals surface area contributed by atoms with Gasteiger partial charge in [-0.25, -0.2) is 0 Å². The van der Waals surface area contributed by atoms with E-state index in [4.69, 9.17) is 0 Å². The van der Waals surface area contributed by atoms with Crippen molar-refractivity contribution in [1.29, 1.82) is 0 Å². The van der Waals surface area contributed by atoms with Crippen molar-refractivity contribution in [3.8, 4) is 0 Å². The molecular weight excluding hydrogens is 740 g/mol. The number of benzene rings is 6. The highest BCUT2D eigenvalue weighted by atomic mass is 79.9. The van der Waals surface area contributed by atoms with Gasteiger partial charge in [0.05, 0.1) is 6.04 Å². The van der Waals surface area contributed by atoms with Gasteiger partial charge in [-0.3, -0.25) is 0 Å². The first-order valence-corrected chi connectivity index (χ1v) is 18.3. The minimum absolute atomic E-state index is 0.286. The SMILES string of the molecule is Brc1cc(/C=C/c2ccc(N(c3ccccc3)C3C=CC=CC3)cc2)c(Br)cc1/C=C/c1ccc(N(c2ccccc2)c2ccccc2)cc1. The Balaban J connectivity index is 1.05. The molecule has 0 aromatic heterocycles. The standard InChI is InChI=1S/C46H36Br2N2/c47-45-34-38(28-22-36-25-31-44(32-26-36)50(41-17-9-3-10-18-41)42-19-11-4-12-20-42)46(48)33-37(45)27-21-35-23-29-43(30-24-35)49(39-13-5-1-6-14-39)40-15-7-2-8-16-40/h1-19,21-34,42H,20H2/b27-21+,28-22+. The molecule has 0 heterocycles. The van der Waals surface area contributed by atoms with E-state index in [1.54, 1.807) is 0 Å². The van der Waals surface area contributed by atoms with Gasteiger partial charge in [0.1, 0.15) is 0 Å². The normalized spacial score (nSPS) is 14.0. The van der Waals surface area contributed by atoms with Gasteiger partial charge in [0.15, 0.2) is 0 Å². The second kappa shape index (κ2) is 16.0. The van der Waals surface area contributed by atoms with E-state index in [0.29, 0.717) is 0 Å². The Morgan fingerprint density at radius 1 is 0.460 bits per heavy atom. The predicted molar refractivity (Wildman–Crippen MR) is 223 cm³/mol. The van der Waals surface area contributed by atoms with Gasteiger partial charge < -0.3 is 9.80 Å². The van der Waals surface area contributed by atoms with E-state index < -0.39 is 0 Å². The predicted octanol–water partition coefficient (Wildman–Crippen LogP) is 14.0. The fourth-order valence-corrected chi connectivity index (χ4v) is 7.15. The van der Waals surface area contributed by atoms with Crippen LogP contribution in [0.3, 0.4) is 0 Å². The molecule has 50 heavy (non-hydrogen) atoms. The molecule has 0 N–H and O–H groups in total. The van der Waals surface area contributed by atoms with Crippen LogP contribution < -0.4 is 9.80 Å². The van der Waals surface area contributed by atoms with Crippen LogP contribution in [0.4, 0.5) is 28.4 Å². The van der Waals surface area contributed by atoms with Crippen molar-refractivity contribution in [2.75, 3.05) is 9.80 Å². The Morgan fingerprint density at radius 2 is 0.880 bits per heavy atom. The van der Waals surface area contributed by atoms with Gasteiger partial charge in [-0.05, 0) is 101 Å². The molecule has 0 bridgehead atoms. The summed E-state index contributed by atoms with van der Waals surface area (Å²) >= 11 is 7.64. The quantitative estimate of drug-likeness (QED) is 0.128. The molecule has 6 aromatic rings. The zero-order chi connectivity index (χ0) is 34.1. The summed E-state index contributed by atoms with van der Waals surface area (Å²) in [5.74, 6) is 0. The molecule has 0 saturated carbocycles. The average molecular weight is 777 g/mol. The maximum absolute atomic E-state index is 3.82. The van der Waals surface area contributed by atoms with Crippen molar-refractivity contribution in [2.24, 2.45) is 0 Å². The molecule has 0 amide bonds. The smallest absolute Gasteiger partial charge is 0.0559 e. The molecule has 1 unspecified atom stereocenters. The summed E-state index contributed by atoms with van der Waals surface area (Å²) in [6.45, 7) is 0. The van der Waals surface area contributed by atoms with Gasteiger partial charge in [-0.2, -0.15) is 0 Å². The third-order valence-corrected chi connectivity index (χ3v) is 10.1. The number of rotatable bonds is 10. The fourth-order valence-electron chi connectivity index (χ4n) is 6.17. The first-order valence-electron chi connectivity index (χ1n) is 16.8. The number of para-hydroxylation sites is 3. The van der Waals surface area contributed by atoms with Crippen LogP contribution >= 0.6 is 31.9 Å². The maximum Gasteiger partial charge on any atom is 0.0559 e. The lowest BCUT2D eigenvalue weighted by molar-refractivity contribution is 0.785. The Bertz CT molecular complexity index is 2100. The lowest BCUT2D eigenvalue weighted by atomic mass is 10.0. The van der Waals surface area contributed by atoms with Gasteiger partial charge in [0, 0.05) is 37.4 Å². The first-order chi connectivity index (χ1) is 24.6. The Hall–Kier alpha value is -5.16. The maximum atomic E-state index is 3.82. The molecule has 1 atom stereocenters. The van der Waals surface area contributed by atoms with E-state index in [2.05, 4.69) is 230 Å². The topological polar surface area (TPSA) is 6.48 Å². The van der Waals surface area contributed by atoms with Crippen LogP contribution in [0.2, 0.25) is 0 Å². The third-order valence-electron chi connectivity index (χ3n) is 8.70. The lowest BCUT2D eigenvalue weighted by Crippen LogP contribution is -2.29. The van der Waals surface area contributed by atoms with E-state index >= 15 is 0 Å². The molecule has 0 spiro atoms. The highest BCUT2D eigenvalue weighted by molar-refractivity contribution is 9.11. The van der Waals surface area contributed by atoms with Gasteiger partial charge >= 0.3 is 0 Å². The molecule has 0 radical (unpaired) electrons. The molecule has 244 valence electrons. The van der Waals surface area contributed by atoms with Crippen LogP contribution in [0, 0.1) is 0 Å². The summed E-state index contributed by atoms with van der Waals surface area (Å²) < 4.78 is 2.08. The summed E-state index contributed by atoms with van der Waals surface area (Å²) in [6.07, 6.45) is 18.4. The monoisotopic (exact) mass is 774 g/mol. The van der Waals surface area contributed by atoms with Gasteiger partial charge in [0.25, 0.3) is 0 Å². The van der Waals surface area contributed by atoms with Crippen molar-refractivity contribution in [3.63, 3.8) is 0 Å². The molecule has 0 aliphatic heterocycles. The third kappa shape index (κ3) is 8.00. The molecule has 0 saturated heterocycles. The summed E-state index contributed by atoms with van der Waals surface area (Å²) in [6, 6.07) is 53.7.